The summed E-state index contributed by atoms with van der Waals surface area (Å²) in [5.74, 6) is 0.863. The fourth-order valence-electron chi connectivity index (χ4n) is 2.41. The van der Waals surface area contributed by atoms with Gasteiger partial charge in [0.15, 0.2) is 11.5 Å². The Bertz CT molecular complexity index is 399. The van der Waals surface area contributed by atoms with Crippen LogP contribution in [-0.2, 0) is 0 Å². The van der Waals surface area contributed by atoms with Crippen molar-refractivity contribution in [3.05, 3.63) is 23.8 Å². The Balaban J connectivity index is 0.00000180. The number of halogens is 2. The van der Waals surface area contributed by atoms with Crippen LogP contribution in [0.4, 0.5) is 0 Å². The summed E-state index contributed by atoms with van der Waals surface area (Å²) in [6.07, 6.45) is 0. The van der Waals surface area contributed by atoms with Crippen LogP contribution >= 0.6 is 24.8 Å². The van der Waals surface area contributed by atoms with Gasteiger partial charge in [0.2, 0.25) is 0 Å². The average molecular weight is 323 g/mol. The smallest absolute Gasteiger partial charge is 0.162 e. The summed E-state index contributed by atoms with van der Waals surface area (Å²) in [4.78, 5) is 2.38. The molecule has 6 heteroatoms. The van der Waals surface area contributed by atoms with Crippen molar-refractivity contribution < 1.29 is 9.84 Å². The first-order chi connectivity index (χ1) is 8.74. The Morgan fingerprint density at radius 1 is 1.30 bits per heavy atom. The molecular weight excluding hydrogens is 299 g/mol. The normalized spacial score (nSPS) is 16.7. The van der Waals surface area contributed by atoms with Crippen LogP contribution in [0.3, 0.4) is 0 Å². The number of nitrogens with one attached hydrogen (secondary N) is 1. The van der Waals surface area contributed by atoms with E-state index in [0.717, 1.165) is 31.7 Å². The lowest BCUT2D eigenvalue weighted by Gasteiger charge is -2.33. The number of rotatable bonds is 4. The number of phenols is 1. The van der Waals surface area contributed by atoms with Crippen molar-refractivity contribution in [2.45, 2.75) is 19.9 Å². The van der Waals surface area contributed by atoms with Gasteiger partial charge in [0, 0.05) is 37.8 Å². The molecule has 20 heavy (non-hydrogen) atoms. The first kappa shape index (κ1) is 19.3. The monoisotopic (exact) mass is 322 g/mol. The molecule has 0 aromatic heterocycles. The van der Waals surface area contributed by atoms with Gasteiger partial charge in [-0.15, -0.1) is 24.8 Å². The third kappa shape index (κ3) is 4.42. The molecule has 0 spiro atoms. The summed E-state index contributed by atoms with van der Waals surface area (Å²) in [5.41, 5.74) is 0.947. The first-order valence-corrected chi connectivity index (χ1v) is 6.63. The van der Waals surface area contributed by atoms with Crippen molar-refractivity contribution in [3.8, 4) is 11.5 Å². The van der Waals surface area contributed by atoms with Crippen molar-refractivity contribution in [2.75, 3.05) is 32.8 Å². The number of hydrogen-bond acceptors (Lipinski definition) is 4. The second-order valence-corrected chi connectivity index (χ2v) is 4.59. The molecule has 1 aliphatic heterocycles. The van der Waals surface area contributed by atoms with Crippen molar-refractivity contribution >= 4 is 24.8 Å². The molecule has 116 valence electrons. The minimum absolute atomic E-state index is 0. The predicted molar refractivity (Wildman–Crippen MR) is 86.6 cm³/mol. The third-order valence-corrected chi connectivity index (χ3v) is 3.48. The van der Waals surface area contributed by atoms with E-state index in [-0.39, 0.29) is 36.6 Å². The number of para-hydroxylation sites is 1. The lowest BCUT2D eigenvalue weighted by atomic mass is 10.0. The molecule has 0 radical (unpaired) electrons. The van der Waals surface area contributed by atoms with E-state index in [1.54, 1.807) is 0 Å². The van der Waals surface area contributed by atoms with E-state index in [1.807, 2.05) is 25.1 Å². The van der Waals surface area contributed by atoms with Gasteiger partial charge in [0.25, 0.3) is 0 Å². The van der Waals surface area contributed by atoms with E-state index in [1.165, 1.54) is 0 Å². The molecule has 0 saturated carbocycles. The summed E-state index contributed by atoms with van der Waals surface area (Å²) < 4.78 is 5.43. The lowest BCUT2D eigenvalue weighted by molar-refractivity contribution is 0.182. The van der Waals surface area contributed by atoms with Crippen molar-refractivity contribution in [3.63, 3.8) is 0 Å². The number of nitrogens with zero attached hydrogens (tertiary/aromatic N) is 1. The summed E-state index contributed by atoms with van der Waals surface area (Å²) in [6.45, 7) is 8.67. The number of aromatic hydroxyl groups is 1. The second kappa shape index (κ2) is 9.29. The molecule has 2 rings (SSSR count). The molecule has 1 aromatic carbocycles. The van der Waals surface area contributed by atoms with Crippen LogP contribution in [0.5, 0.6) is 11.5 Å². The zero-order chi connectivity index (χ0) is 13.0. The number of ether oxygens (including phenoxy) is 1. The maximum Gasteiger partial charge on any atom is 0.162 e. The van der Waals surface area contributed by atoms with Crippen LogP contribution in [0.15, 0.2) is 18.2 Å². The fourth-order valence-corrected chi connectivity index (χ4v) is 2.41. The number of hydrogen-bond donors (Lipinski definition) is 2. The molecule has 1 aromatic rings. The zero-order valence-electron chi connectivity index (χ0n) is 12.0. The van der Waals surface area contributed by atoms with Gasteiger partial charge in [-0.25, -0.2) is 0 Å². The van der Waals surface area contributed by atoms with Gasteiger partial charge in [-0.3, -0.25) is 4.90 Å². The van der Waals surface area contributed by atoms with E-state index in [9.17, 15) is 5.11 Å². The summed E-state index contributed by atoms with van der Waals surface area (Å²) >= 11 is 0. The molecule has 0 aliphatic carbocycles. The Hall–Kier alpha value is -0.680. The highest BCUT2D eigenvalue weighted by molar-refractivity contribution is 5.85. The SMILES string of the molecule is CCOc1cccc([C@@H](C)N2CCNCC2)c1O.Cl.Cl. The van der Waals surface area contributed by atoms with Gasteiger partial charge in [-0.2, -0.15) is 0 Å². The van der Waals surface area contributed by atoms with Gasteiger partial charge >= 0.3 is 0 Å². The van der Waals surface area contributed by atoms with Crippen LogP contribution in [0.2, 0.25) is 0 Å². The molecule has 1 aliphatic rings. The summed E-state index contributed by atoms with van der Waals surface area (Å²) in [7, 11) is 0. The molecule has 1 heterocycles. The van der Waals surface area contributed by atoms with Crippen molar-refractivity contribution in [1.82, 2.24) is 10.2 Å². The minimum Gasteiger partial charge on any atom is -0.504 e. The maximum atomic E-state index is 10.3. The zero-order valence-corrected chi connectivity index (χ0v) is 13.6. The Kier molecular flexibility index (Phi) is 8.98. The van der Waals surface area contributed by atoms with E-state index >= 15 is 0 Å². The van der Waals surface area contributed by atoms with Crippen molar-refractivity contribution in [2.24, 2.45) is 0 Å². The minimum atomic E-state index is 0. The van der Waals surface area contributed by atoms with Gasteiger partial charge in [-0.1, -0.05) is 12.1 Å². The van der Waals surface area contributed by atoms with E-state index < -0.39 is 0 Å². The molecule has 0 unspecified atom stereocenters. The number of benzene rings is 1. The van der Waals surface area contributed by atoms with E-state index in [0.29, 0.717) is 12.4 Å². The van der Waals surface area contributed by atoms with Gasteiger partial charge in [0.1, 0.15) is 0 Å². The van der Waals surface area contributed by atoms with E-state index in [2.05, 4.69) is 17.1 Å². The van der Waals surface area contributed by atoms with Crippen LogP contribution in [0.1, 0.15) is 25.5 Å². The fraction of sp³-hybridized carbons (Fsp3) is 0.571. The predicted octanol–water partition coefficient (Wildman–Crippen LogP) is 2.60. The summed E-state index contributed by atoms with van der Waals surface area (Å²) in [5, 5.41) is 13.6. The molecule has 1 saturated heterocycles. The molecule has 1 atom stereocenters. The Morgan fingerprint density at radius 3 is 2.55 bits per heavy atom. The quantitative estimate of drug-likeness (QED) is 0.894. The highest BCUT2D eigenvalue weighted by Gasteiger charge is 2.21. The van der Waals surface area contributed by atoms with Crippen LogP contribution < -0.4 is 10.1 Å². The highest BCUT2D eigenvalue weighted by Crippen LogP contribution is 2.35. The third-order valence-electron chi connectivity index (χ3n) is 3.48. The largest absolute Gasteiger partial charge is 0.504 e. The van der Waals surface area contributed by atoms with E-state index in [4.69, 9.17) is 4.74 Å². The highest BCUT2D eigenvalue weighted by atomic mass is 35.5. The molecule has 2 N–H and O–H groups in total. The Morgan fingerprint density at radius 2 is 1.95 bits per heavy atom. The molecule has 0 bridgehead atoms. The Labute approximate surface area is 133 Å². The van der Waals surface area contributed by atoms with Crippen molar-refractivity contribution in [1.29, 1.82) is 0 Å². The molecule has 4 nitrogen and oxygen atoms in total. The van der Waals surface area contributed by atoms with Gasteiger partial charge < -0.3 is 15.2 Å². The number of piperazine rings is 1. The first-order valence-electron chi connectivity index (χ1n) is 6.63. The maximum absolute atomic E-state index is 10.3. The van der Waals surface area contributed by atoms with Gasteiger partial charge in [-0.05, 0) is 19.9 Å². The standard InChI is InChI=1S/C14H22N2O2.2ClH/c1-3-18-13-6-4-5-12(14(13)17)11(2)16-9-7-15-8-10-16;;/h4-6,11,15,17H,3,7-10H2,1-2H3;2*1H/t11-;;/m1../s1. The molecule has 1 fully saturated rings. The summed E-state index contributed by atoms with van der Waals surface area (Å²) in [6, 6.07) is 5.95. The van der Waals surface area contributed by atoms with Crippen LogP contribution in [-0.4, -0.2) is 42.8 Å². The second-order valence-electron chi connectivity index (χ2n) is 4.59. The van der Waals surface area contributed by atoms with Crippen LogP contribution in [0, 0.1) is 0 Å². The molecular formula is C14H24Cl2N2O2. The van der Waals surface area contributed by atoms with Gasteiger partial charge in [0.05, 0.1) is 6.61 Å². The average Bonchev–Trinajstić information content (AvgIpc) is 2.42. The molecule has 0 amide bonds. The number of phenolic OH excluding ortho intramolecular Hbond substituents is 1. The topological polar surface area (TPSA) is 44.7 Å². The lowest BCUT2D eigenvalue weighted by Crippen LogP contribution is -2.44. The van der Waals surface area contributed by atoms with Crippen LogP contribution in [0.25, 0.3) is 0 Å².